The summed E-state index contributed by atoms with van der Waals surface area (Å²) in [4.78, 5) is 0. The Balaban J connectivity index is 2.43. The van der Waals surface area contributed by atoms with Gasteiger partial charge in [-0.1, -0.05) is 26.0 Å². The first kappa shape index (κ1) is 15.0. The summed E-state index contributed by atoms with van der Waals surface area (Å²) in [7, 11) is 1.72. The van der Waals surface area contributed by atoms with Crippen molar-refractivity contribution in [3.05, 3.63) is 29.3 Å². The van der Waals surface area contributed by atoms with Gasteiger partial charge in [-0.25, -0.2) is 0 Å². The van der Waals surface area contributed by atoms with Gasteiger partial charge in [-0.3, -0.25) is 0 Å². The van der Waals surface area contributed by atoms with Crippen molar-refractivity contribution in [3.63, 3.8) is 0 Å². The van der Waals surface area contributed by atoms with E-state index in [9.17, 15) is 0 Å². The second kappa shape index (κ2) is 7.39. The molecule has 3 heteroatoms. The molecule has 1 aromatic rings. The fraction of sp³-hybridized carbons (Fsp3) is 0.600. The maximum absolute atomic E-state index is 5.33. The molecule has 0 spiro atoms. The maximum Gasteiger partial charge on any atom is 0.122 e. The molecule has 1 aromatic carbocycles. The van der Waals surface area contributed by atoms with Gasteiger partial charge in [-0.2, -0.15) is 0 Å². The summed E-state index contributed by atoms with van der Waals surface area (Å²) < 4.78 is 5.33. The van der Waals surface area contributed by atoms with Gasteiger partial charge in [0.05, 0.1) is 7.11 Å². The molecule has 0 aromatic heterocycles. The molecule has 1 atom stereocenters. The highest BCUT2D eigenvalue weighted by atomic mass is 16.5. The van der Waals surface area contributed by atoms with Gasteiger partial charge in [-0.15, -0.1) is 0 Å². The Morgan fingerprint density at radius 3 is 2.50 bits per heavy atom. The normalized spacial score (nSPS) is 12.8. The van der Waals surface area contributed by atoms with E-state index in [2.05, 4.69) is 56.5 Å². The van der Waals surface area contributed by atoms with E-state index < -0.39 is 0 Å². The summed E-state index contributed by atoms with van der Waals surface area (Å²) in [5.41, 5.74) is 2.43. The lowest BCUT2D eigenvalue weighted by molar-refractivity contribution is 0.410. The van der Waals surface area contributed by atoms with Crippen molar-refractivity contribution in [1.82, 2.24) is 10.6 Å². The molecule has 102 valence electrons. The Morgan fingerprint density at radius 1 is 1.17 bits per heavy atom. The highest BCUT2D eigenvalue weighted by Gasteiger charge is 2.04. The van der Waals surface area contributed by atoms with Crippen molar-refractivity contribution in [3.8, 4) is 5.75 Å². The fourth-order valence-electron chi connectivity index (χ4n) is 1.75. The summed E-state index contributed by atoms with van der Waals surface area (Å²) in [6.45, 7) is 10.4. The van der Waals surface area contributed by atoms with Gasteiger partial charge in [-0.05, 0) is 31.0 Å². The molecule has 1 unspecified atom stereocenters. The quantitative estimate of drug-likeness (QED) is 0.780. The molecular formula is C15H26N2O. The Hall–Kier alpha value is -1.06. The molecule has 0 aliphatic heterocycles. The van der Waals surface area contributed by atoms with Gasteiger partial charge in [0.25, 0.3) is 0 Å². The average Bonchev–Trinajstić information content (AvgIpc) is 2.35. The molecule has 0 aliphatic rings. The Bertz CT molecular complexity index is 364. The number of hydrogen-bond acceptors (Lipinski definition) is 3. The van der Waals surface area contributed by atoms with Crippen LogP contribution in [0.5, 0.6) is 5.75 Å². The Labute approximate surface area is 111 Å². The number of rotatable bonds is 7. The minimum atomic E-state index is 0.458. The highest BCUT2D eigenvalue weighted by molar-refractivity contribution is 5.36. The van der Waals surface area contributed by atoms with Crippen LogP contribution >= 0.6 is 0 Å². The second-order valence-electron chi connectivity index (χ2n) is 5.15. The zero-order chi connectivity index (χ0) is 13.5. The molecule has 0 aliphatic carbocycles. The fourth-order valence-corrected chi connectivity index (χ4v) is 1.75. The van der Waals surface area contributed by atoms with E-state index in [0.29, 0.717) is 12.1 Å². The van der Waals surface area contributed by atoms with Crippen LogP contribution in [0.2, 0.25) is 0 Å². The standard InChI is InChI=1S/C15H26N2O/c1-11(2)16-9-13(4)17-10-14-7-6-12(3)15(8-14)18-5/h6-8,11,13,16-17H,9-10H2,1-5H3. The van der Waals surface area contributed by atoms with E-state index in [-0.39, 0.29) is 0 Å². The highest BCUT2D eigenvalue weighted by Crippen LogP contribution is 2.18. The smallest absolute Gasteiger partial charge is 0.122 e. The van der Waals surface area contributed by atoms with Crippen molar-refractivity contribution < 1.29 is 4.74 Å². The van der Waals surface area contributed by atoms with Crippen LogP contribution in [-0.4, -0.2) is 25.7 Å². The van der Waals surface area contributed by atoms with E-state index in [1.54, 1.807) is 7.11 Å². The van der Waals surface area contributed by atoms with Crippen LogP contribution < -0.4 is 15.4 Å². The van der Waals surface area contributed by atoms with Crippen LogP contribution in [0.4, 0.5) is 0 Å². The first-order valence-electron chi connectivity index (χ1n) is 6.63. The Kier molecular flexibility index (Phi) is 6.16. The number of nitrogens with one attached hydrogen (secondary N) is 2. The van der Waals surface area contributed by atoms with Crippen LogP contribution in [0.1, 0.15) is 31.9 Å². The van der Waals surface area contributed by atoms with Crippen LogP contribution in [0.3, 0.4) is 0 Å². The summed E-state index contributed by atoms with van der Waals surface area (Å²) >= 11 is 0. The van der Waals surface area contributed by atoms with Gasteiger partial charge < -0.3 is 15.4 Å². The predicted octanol–water partition coefficient (Wildman–Crippen LogP) is 2.48. The van der Waals surface area contributed by atoms with E-state index in [0.717, 1.165) is 18.8 Å². The van der Waals surface area contributed by atoms with Crippen molar-refractivity contribution in [1.29, 1.82) is 0 Å². The predicted molar refractivity (Wildman–Crippen MR) is 77.2 cm³/mol. The van der Waals surface area contributed by atoms with Crippen molar-refractivity contribution >= 4 is 0 Å². The molecule has 0 saturated heterocycles. The average molecular weight is 250 g/mol. The van der Waals surface area contributed by atoms with Gasteiger partial charge >= 0.3 is 0 Å². The lowest BCUT2D eigenvalue weighted by Crippen LogP contribution is -2.38. The number of methoxy groups -OCH3 is 1. The molecule has 1 rings (SSSR count). The summed E-state index contributed by atoms with van der Waals surface area (Å²) in [6.07, 6.45) is 0. The van der Waals surface area contributed by atoms with Crippen LogP contribution in [0.25, 0.3) is 0 Å². The SMILES string of the molecule is COc1cc(CNC(C)CNC(C)C)ccc1C. The monoisotopic (exact) mass is 250 g/mol. The molecular weight excluding hydrogens is 224 g/mol. The van der Waals surface area contributed by atoms with Crippen LogP contribution in [0, 0.1) is 6.92 Å². The van der Waals surface area contributed by atoms with Gasteiger partial charge in [0, 0.05) is 25.2 Å². The molecule has 3 nitrogen and oxygen atoms in total. The minimum Gasteiger partial charge on any atom is -0.496 e. The Morgan fingerprint density at radius 2 is 1.89 bits per heavy atom. The summed E-state index contributed by atoms with van der Waals surface area (Å²) in [5.74, 6) is 0.960. The maximum atomic E-state index is 5.33. The first-order chi connectivity index (χ1) is 8.52. The van der Waals surface area contributed by atoms with Gasteiger partial charge in [0.2, 0.25) is 0 Å². The largest absolute Gasteiger partial charge is 0.496 e. The topological polar surface area (TPSA) is 33.3 Å². The minimum absolute atomic E-state index is 0.458. The third kappa shape index (κ3) is 5.07. The van der Waals surface area contributed by atoms with Crippen molar-refractivity contribution in [2.24, 2.45) is 0 Å². The molecule has 0 bridgehead atoms. The molecule has 18 heavy (non-hydrogen) atoms. The number of hydrogen-bond donors (Lipinski definition) is 2. The van der Waals surface area contributed by atoms with Gasteiger partial charge in [0.1, 0.15) is 5.75 Å². The van der Waals surface area contributed by atoms with Crippen LogP contribution in [-0.2, 0) is 6.54 Å². The molecule has 0 radical (unpaired) electrons. The summed E-state index contributed by atoms with van der Waals surface area (Å²) in [6, 6.07) is 7.35. The summed E-state index contributed by atoms with van der Waals surface area (Å²) in [5, 5.41) is 6.93. The lowest BCUT2D eigenvalue weighted by Gasteiger charge is -2.17. The lowest BCUT2D eigenvalue weighted by atomic mass is 10.1. The van der Waals surface area contributed by atoms with Crippen molar-refractivity contribution in [2.75, 3.05) is 13.7 Å². The molecule has 0 fully saturated rings. The zero-order valence-electron chi connectivity index (χ0n) is 12.2. The van der Waals surface area contributed by atoms with E-state index in [1.807, 2.05) is 0 Å². The van der Waals surface area contributed by atoms with Gasteiger partial charge in [0.15, 0.2) is 0 Å². The first-order valence-corrected chi connectivity index (χ1v) is 6.63. The zero-order valence-corrected chi connectivity index (χ0v) is 12.2. The van der Waals surface area contributed by atoms with E-state index in [1.165, 1.54) is 11.1 Å². The van der Waals surface area contributed by atoms with Crippen LogP contribution in [0.15, 0.2) is 18.2 Å². The third-order valence-electron chi connectivity index (χ3n) is 2.96. The van der Waals surface area contributed by atoms with E-state index in [4.69, 9.17) is 4.74 Å². The second-order valence-corrected chi connectivity index (χ2v) is 5.15. The van der Waals surface area contributed by atoms with Crippen molar-refractivity contribution in [2.45, 2.75) is 46.3 Å². The third-order valence-corrected chi connectivity index (χ3v) is 2.96. The molecule has 0 saturated carbocycles. The number of aryl methyl sites for hydroxylation is 1. The molecule has 0 amide bonds. The van der Waals surface area contributed by atoms with E-state index >= 15 is 0 Å². The number of ether oxygens (including phenoxy) is 1. The molecule has 2 N–H and O–H groups in total. The number of benzene rings is 1. The molecule has 0 heterocycles.